The molecule has 90 valence electrons. The van der Waals surface area contributed by atoms with Crippen LogP contribution < -0.4 is 5.73 Å². The molecule has 0 saturated carbocycles. The fraction of sp³-hybridized carbons (Fsp3) is 0.308. The van der Waals surface area contributed by atoms with Gasteiger partial charge in [0, 0.05) is 7.05 Å². The van der Waals surface area contributed by atoms with Gasteiger partial charge in [-0.25, -0.2) is 4.98 Å². The van der Waals surface area contributed by atoms with Crippen LogP contribution in [0.3, 0.4) is 0 Å². The average Bonchev–Trinajstić information content (AvgIpc) is 2.53. The van der Waals surface area contributed by atoms with Crippen molar-refractivity contribution >= 4 is 21.9 Å². The smallest absolute Gasteiger partial charge is 0.201 e. The molecule has 0 aliphatic heterocycles. The fourth-order valence-electron chi connectivity index (χ4n) is 1.93. The predicted molar refractivity (Wildman–Crippen MR) is 73.9 cm³/mol. The standard InChI is InChI=1S/C13H16BrN3/c1-9-5-3-4-6-10(9)7-8-11-12(14)16-13(15)17(11)2/h3-6H,7-8H2,1-2H3,(H2,15,16). The zero-order valence-corrected chi connectivity index (χ0v) is 11.7. The summed E-state index contributed by atoms with van der Waals surface area (Å²) < 4.78 is 2.79. The van der Waals surface area contributed by atoms with Crippen LogP contribution in [-0.2, 0) is 19.9 Å². The summed E-state index contributed by atoms with van der Waals surface area (Å²) in [6.07, 6.45) is 1.94. The van der Waals surface area contributed by atoms with Crippen molar-refractivity contribution in [1.29, 1.82) is 0 Å². The van der Waals surface area contributed by atoms with E-state index in [1.54, 1.807) is 0 Å². The molecule has 0 saturated heterocycles. The molecule has 0 bridgehead atoms. The number of hydrogen-bond donors (Lipinski definition) is 1. The highest BCUT2D eigenvalue weighted by molar-refractivity contribution is 9.10. The number of aryl methyl sites for hydroxylation is 2. The Labute approximate surface area is 110 Å². The number of nitrogen functional groups attached to an aromatic ring is 1. The number of hydrogen-bond acceptors (Lipinski definition) is 2. The van der Waals surface area contributed by atoms with Gasteiger partial charge in [0.1, 0.15) is 4.60 Å². The summed E-state index contributed by atoms with van der Waals surface area (Å²) in [5.74, 6) is 0.552. The Morgan fingerprint density at radius 3 is 2.59 bits per heavy atom. The summed E-state index contributed by atoms with van der Waals surface area (Å²) in [6, 6.07) is 8.46. The molecular formula is C13H16BrN3. The Morgan fingerprint density at radius 2 is 2.00 bits per heavy atom. The zero-order valence-electron chi connectivity index (χ0n) is 10.1. The molecule has 0 unspecified atom stereocenters. The normalized spacial score (nSPS) is 10.8. The maximum absolute atomic E-state index is 5.76. The maximum atomic E-state index is 5.76. The van der Waals surface area contributed by atoms with Crippen LogP contribution in [0.5, 0.6) is 0 Å². The Bertz CT molecular complexity index is 531. The highest BCUT2D eigenvalue weighted by atomic mass is 79.9. The lowest BCUT2D eigenvalue weighted by molar-refractivity contribution is 0.801. The van der Waals surface area contributed by atoms with Crippen molar-refractivity contribution in [3.63, 3.8) is 0 Å². The Hall–Kier alpha value is -1.29. The number of nitrogens with zero attached hydrogens (tertiary/aromatic N) is 2. The Kier molecular flexibility index (Phi) is 3.52. The number of nitrogens with two attached hydrogens (primary N) is 1. The number of benzene rings is 1. The van der Waals surface area contributed by atoms with Gasteiger partial charge in [-0.1, -0.05) is 24.3 Å². The van der Waals surface area contributed by atoms with Gasteiger partial charge in [-0.15, -0.1) is 0 Å². The lowest BCUT2D eigenvalue weighted by Gasteiger charge is -2.07. The van der Waals surface area contributed by atoms with Gasteiger partial charge in [0.2, 0.25) is 5.95 Å². The van der Waals surface area contributed by atoms with Gasteiger partial charge in [-0.2, -0.15) is 0 Å². The van der Waals surface area contributed by atoms with E-state index in [1.807, 2.05) is 11.6 Å². The van der Waals surface area contributed by atoms with Crippen LogP contribution in [0.15, 0.2) is 28.9 Å². The monoisotopic (exact) mass is 293 g/mol. The van der Waals surface area contributed by atoms with Gasteiger partial charge in [0.25, 0.3) is 0 Å². The number of halogens is 1. The Balaban J connectivity index is 2.15. The van der Waals surface area contributed by atoms with Crippen molar-refractivity contribution in [3.05, 3.63) is 45.7 Å². The van der Waals surface area contributed by atoms with Crippen LogP contribution in [0.2, 0.25) is 0 Å². The Morgan fingerprint density at radius 1 is 1.29 bits per heavy atom. The molecule has 0 spiro atoms. The molecule has 17 heavy (non-hydrogen) atoms. The summed E-state index contributed by atoms with van der Waals surface area (Å²) in [5.41, 5.74) is 9.61. The van der Waals surface area contributed by atoms with Gasteiger partial charge < -0.3 is 10.3 Å². The van der Waals surface area contributed by atoms with Gasteiger partial charge in [-0.05, 0) is 46.8 Å². The third kappa shape index (κ3) is 2.52. The number of aromatic nitrogens is 2. The molecule has 2 aromatic rings. The van der Waals surface area contributed by atoms with Crippen molar-refractivity contribution in [2.24, 2.45) is 7.05 Å². The van der Waals surface area contributed by atoms with Crippen LogP contribution in [0, 0.1) is 6.92 Å². The second-order valence-electron chi connectivity index (χ2n) is 4.19. The number of anilines is 1. The van der Waals surface area contributed by atoms with E-state index in [-0.39, 0.29) is 0 Å². The molecule has 0 atom stereocenters. The summed E-state index contributed by atoms with van der Waals surface area (Å²) in [5, 5.41) is 0. The first-order valence-electron chi connectivity index (χ1n) is 5.60. The highest BCUT2D eigenvalue weighted by Crippen LogP contribution is 2.20. The summed E-state index contributed by atoms with van der Waals surface area (Å²) in [4.78, 5) is 4.20. The molecule has 1 aromatic heterocycles. The van der Waals surface area contributed by atoms with Crippen LogP contribution in [-0.4, -0.2) is 9.55 Å². The molecular weight excluding hydrogens is 278 g/mol. The van der Waals surface area contributed by atoms with E-state index in [4.69, 9.17) is 5.73 Å². The topological polar surface area (TPSA) is 43.8 Å². The van der Waals surface area contributed by atoms with E-state index in [1.165, 1.54) is 11.1 Å². The molecule has 1 aromatic carbocycles. The van der Waals surface area contributed by atoms with Crippen LogP contribution >= 0.6 is 15.9 Å². The van der Waals surface area contributed by atoms with E-state index in [0.29, 0.717) is 5.95 Å². The van der Waals surface area contributed by atoms with Crippen molar-refractivity contribution in [1.82, 2.24) is 9.55 Å². The minimum atomic E-state index is 0.552. The lowest BCUT2D eigenvalue weighted by atomic mass is 10.0. The van der Waals surface area contributed by atoms with E-state index in [0.717, 1.165) is 23.1 Å². The third-order valence-electron chi connectivity index (χ3n) is 3.09. The average molecular weight is 294 g/mol. The van der Waals surface area contributed by atoms with Crippen molar-refractivity contribution in [3.8, 4) is 0 Å². The zero-order chi connectivity index (χ0) is 12.4. The fourth-order valence-corrected chi connectivity index (χ4v) is 2.58. The third-order valence-corrected chi connectivity index (χ3v) is 3.73. The molecule has 4 heteroatoms. The van der Waals surface area contributed by atoms with Gasteiger partial charge in [0.15, 0.2) is 0 Å². The van der Waals surface area contributed by atoms with E-state index < -0.39 is 0 Å². The minimum Gasteiger partial charge on any atom is -0.369 e. The molecule has 2 rings (SSSR count). The van der Waals surface area contributed by atoms with Gasteiger partial charge >= 0.3 is 0 Å². The highest BCUT2D eigenvalue weighted by Gasteiger charge is 2.10. The SMILES string of the molecule is Cc1ccccc1CCc1c(Br)nc(N)n1C. The second kappa shape index (κ2) is 4.92. The molecule has 0 fully saturated rings. The quantitative estimate of drug-likeness (QED) is 0.946. The molecule has 0 amide bonds. The molecule has 1 heterocycles. The predicted octanol–water partition coefficient (Wildman–Crippen LogP) is 2.86. The molecule has 0 radical (unpaired) electrons. The summed E-state index contributed by atoms with van der Waals surface area (Å²) >= 11 is 3.45. The van der Waals surface area contributed by atoms with Crippen molar-refractivity contribution in [2.75, 3.05) is 5.73 Å². The molecule has 2 N–H and O–H groups in total. The largest absolute Gasteiger partial charge is 0.369 e. The molecule has 0 aliphatic carbocycles. The lowest BCUT2D eigenvalue weighted by Crippen LogP contribution is -2.03. The van der Waals surface area contributed by atoms with Crippen LogP contribution in [0.1, 0.15) is 16.8 Å². The van der Waals surface area contributed by atoms with Crippen LogP contribution in [0.4, 0.5) is 5.95 Å². The summed E-state index contributed by atoms with van der Waals surface area (Å²) in [6.45, 7) is 2.14. The van der Waals surface area contributed by atoms with E-state index in [9.17, 15) is 0 Å². The molecule has 0 aliphatic rings. The number of imidazole rings is 1. The first kappa shape index (κ1) is 12.2. The minimum absolute atomic E-state index is 0.552. The van der Waals surface area contributed by atoms with E-state index >= 15 is 0 Å². The molecule has 3 nitrogen and oxygen atoms in total. The van der Waals surface area contributed by atoms with Crippen LogP contribution in [0.25, 0.3) is 0 Å². The van der Waals surface area contributed by atoms with E-state index in [2.05, 4.69) is 52.1 Å². The first-order valence-corrected chi connectivity index (χ1v) is 6.40. The summed E-state index contributed by atoms with van der Waals surface area (Å²) in [7, 11) is 1.94. The van der Waals surface area contributed by atoms with Gasteiger partial charge in [-0.3, -0.25) is 0 Å². The maximum Gasteiger partial charge on any atom is 0.201 e. The second-order valence-corrected chi connectivity index (χ2v) is 4.94. The van der Waals surface area contributed by atoms with Crippen molar-refractivity contribution in [2.45, 2.75) is 19.8 Å². The van der Waals surface area contributed by atoms with Crippen molar-refractivity contribution < 1.29 is 0 Å². The first-order chi connectivity index (χ1) is 8.09. The number of rotatable bonds is 3. The van der Waals surface area contributed by atoms with Gasteiger partial charge in [0.05, 0.1) is 5.69 Å².